The third kappa shape index (κ3) is 2.81. The number of amides is 1. The number of carbonyl (C=O) groups is 1. The van der Waals surface area contributed by atoms with Gasteiger partial charge in [0, 0.05) is 16.3 Å². The summed E-state index contributed by atoms with van der Waals surface area (Å²) in [4.78, 5) is 14.3. The predicted octanol–water partition coefficient (Wildman–Crippen LogP) is 4.18. The van der Waals surface area contributed by atoms with Crippen LogP contribution < -0.4 is 4.90 Å². The molecular formula is C16H16INO. The van der Waals surface area contributed by atoms with Gasteiger partial charge in [-0.25, -0.2) is 0 Å². The van der Waals surface area contributed by atoms with E-state index in [0.29, 0.717) is 0 Å². The average molecular weight is 365 g/mol. The summed E-state index contributed by atoms with van der Waals surface area (Å²) in [5, 5.41) is 0. The number of hydrogen-bond acceptors (Lipinski definition) is 1. The Morgan fingerprint density at radius 1 is 1.05 bits per heavy atom. The van der Waals surface area contributed by atoms with Gasteiger partial charge < -0.3 is 4.90 Å². The second-order valence-electron chi connectivity index (χ2n) is 4.56. The van der Waals surface area contributed by atoms with E-state index in [0.717, 1.165) is 20.4 Å². The first-order valence-corrected chi connectivity index (χ1v) is 7.19. The molecule has 0 bridgehead atoms. The highest BCUT2D eigenvalue weighted by Crippen LogP contribution is 2.24. The van der Waals surface area contributed by atoms with E-state index in [2.05, 4.69) is 35.6 Å². The van der Waals surface area contributed by atoms with Crippen molar-refractivity contribution in [1.82, 2.24) is 0 Å². The van der Waals surface area contributed by atoms with E-state index in [4.69, 9.17) is 0 Å². The molecule has 2 aromatic carbocycles. The summed E-state index contributed by atoms with van der Waals surface area (Å²) >= 11 is 2.20. The van der Waals surface area contributed by atoms with Gasteiger partial charge in [0.1, 0.15) is 0 Å². The molecule has 1 amide bonds. The second kappa shape index (κ2) is 5.74. The first-order valence-electron chi connectivity index (χ1n) is 6.11. The molecule has 0 fully saturated rings. The van der Waals surface area contributed by atoms with Crippen LogP contribution in [-0.4, -0.2) is 13.0 Å². The fourth-order valence-corrected chi connectivity index (χ4v) is 2.64. The van der Waals surface area contributed by atoms with Crippen molar-refractivity contribution < 1.29 is 4.79 Å². The number of aryl methyl sites for hydroxylation is 1. The lowest BCUT2D eigenvalue weighted by molar-refractivity contribution is 0.0992. The van der Waals surface area contributed by atoms with Gasteiger partial charge in [-0.15, -0.1) is 0 Å². The fourth-order valence-electron chi connectivity index (χ4n) is 2.02. The van der Waals surface area contributed by atoms with E-state index in [9.17, 15) is 4.79 Å². The van der Waals surface area contributed by atoms with Crippen molar-refractivity contribution in [2.45, 2.75) is 13.8 Å². The molecule has 0 spiro atoms. The van der Waals surface area contributed by atoms with Crippen LogP contribution >= 0.6 is 22.6 Å². The van der Waals surface area contributed by atoms with Crippen molar-refractivity contribution >= 4 is 34.2 Å². The fraction of sp³-hybridized carbons (Fsp3) is 0.188. The van der Waals surface area contributed by atoms with Gasteiger partial charge in [0.05, 0.1) is 5.56 Å². The maximum absolute atomic E-state index is 12.6. The van der Waals surface area contributed by atoms with E-state index in [1.165, 1.54) is 5.56 Å². The molecule has 0 heterocycles. The van der Waals surface area contributed by atoms with Crippen molar-refractivity contribution in [1.29, 1.82) is 0 Å². The summed E-state index contributed by atoms with van der Waals surface area (Å²) in [7, 11) is 1.83. The Balaban J connectivity index is 2.40. The van der Waals surface area contributed by atoms with Gasteiger partial charge in [0.2, 0.25) is 0 Å². The molecule has 0 saturated heterocycles. The van der Waals surface area contributed by atoms with Crippen LogP contribution in [0.2, 0.25) is 0 Å². The van der Waals surface area contributed by atoms with E-state index in [1.54, 1.807) is 4.90 Å². The highest BCUT2D eigenvalue weighted by atomic mass is 127. The minimum absolute atomic E-state index is 0.0266. The molecule has 0 N–H and O–H groups in total. The van der Waals surface area contributed by atoms with Gasteiger partial charge in [-0.1, -0.05) is 24.3 Å². The molecule has 2 rings (SSSR count). The lowest BCUT2D eigenvalue weighted by atomic mass is 10.1. The number of halogens is 1. The maximum Gasteiger partial charge on any atom is 0.259 e. The smallest absolute Gasteiger partial charge is 0.259 e. The number of nitrogens with zero attached hydrogens (tertiary/aromatic N) is 1. The topological polar surface area (TPSA) is 20.3 Å². The summed E-state index contributed by atoms with van der Waals surface area (Å²) in [6.07, 6.45) is 0. The van der Waals surface area contributed by atoms with Crippen LogP contribution in [-0.2, 0) is 0 Å². The predicted molar refractivity (Wildman–Crippen MR) is 87.8 cm³/mol. The first kappa shape index (κ1) is 14.1. The molecule has 2 nitrogen and oxygen atoms in total. The minimum Gasteiger partial charge on any atom is -0.311 e. The molecule has 2 aromatic rings. The molecule has 0 aliphatic rings. The largest absolute Gasteiger partial charge is 0.311 e. The normalized spacial score (nSPS) is 10.3. The van der Waals surface area contributed by atoms with E-state index in [1.807, 2.05) is 50.4 Å². The van der Waals surface area contributed by atoms with E-state index >= 15 is 0 Å². The Morgan fingerprint density at radius 2 is 1.74 bits per heavy atom. The van der Waals surface area contributed by atoms with Crippen LogP contribution in [0.4, 0.5) is 5.69 Å². The van der Waals surface area contributed by atoms with Gasteiger partial charge in [-0.2, -0.15) is 0 Å². The Labute approximate surface area is 127 Å². The molecular weight excluding hydrogens is 349 g/mol. The zero-order chi connectivity index (χ0) is 14.0. The minimum atomic E-state index is 0.0266. The molecule has 0 aliphatic carbocycles. The van der Waals surface area contributed by atoms with Gasteiger partial charge in [0.15, 0.2) is 0 Å². The van der Waals surface area contributed by atoms with Crippen molar-refractivity contribution in [2.24, 2.45) is 0 Å². The third-order valence-electron chi connectivity index (χ3n) is 3.35. The molecule has 0 saturated carbocycles. The van der Waals surface area contributed by atoms with Crippen LogP contribution in [0, 0.1) is 17.4 Å². The highest BCUT2D eigenvalue weighted by molar-refractivity contribution is 14.1. The monoisotopic (exact) mass is 365 g/mol. The molecule has 0 aliphatic heterocycles. The summed E-state index contributed by atoms with van der Waals surface area (Å²) in [5.41, 5.74) is 4.04. The molecule has 0 radical (unpaired) electrons. The van der Waals surface area contributed by atoms with Crippen LogP contribution in [0.15, 0.2) is 42.5 Å². The number of benzene rings is 2. The third-order valence-corrected chi connectivity index (χ3v) is 4.29. The Kier molecular flexibility index (Phi) is 4.24. The van der Waals surface area contributed by atoms with Gasteiger partial charge in [0.25, 0.3) is 5.91 Å². The zero-order valence-corrected chi connectivity index (χ0v) is 13.4. The van der Waals surface area contributed by atoms with Crippen molar-refractivity contribution in [3.63, 3.8) is 0 Å². The SMILES string of the molecule is Cc1cccc(N(C)C(=O)c2ccccc2I)c1C. The van der Waals surface area contributed by atoms with E-state index < -0.39 is 0 Å². The Hall–Kier alpha value is -1.36. The summed E-state index contributed by atoms with van der Waals surface area (Å²) < 4.78 is 0.974. The average Bonchev–Trinajstić information content (AvgIpc) is 2.41. The van der Waals surface area contributed by atoms with Crippen LogP contribution in [0.1, 0.15) is 21.5 Å². The van der Waals surface area contributed by atoms with Gasteiger partial charge >= 0.3 is 0 Å². The summed E-state index contributed by atoms with van der Waals surface area (Å²) in [6, 6.07) is 13.7. The first-order chi connectivity index (χ1) is 9.02. The van der Waals surface area contributed by atoms with E-state index in [-0.39, 0.29) is 5.91 Å². The number of carbonyl (C=O) groups excluding carboxylic acids is 1. The van der Waals surface area contributed by atoms with Crippen LogP contribution in [0.3, 0.4) is 0 Å². The lowest BCUT2D eigenvalue weighted by Crippen LogP contribution is -2.27. The molecule has 19 heavy (non-hydrogen) atoms. The quantitative estimate of drug-likeness (QED) is 0.731. The van der Waals surface area contributed by atoms with Crippen molar-refractivity contribution in [3.8, 4) is 0 Å². The van der Waals surface area contributed by atoms with Gasteiger partial charge in [-0.3, -0.25) is 4.79 Å². The molecule has 3 heteroatoms. The van der Waals surface area contributed by atoms with Gasteiger partial charge in [-0.05, 0) is 65.8 Å². The number of rotatable bonds is 2. The standard InChI is InChI=1S/C16H16INO/c1-11-7-6-10-15(12(11)2)18(3)16(19)13-8-4-5-9-14(13)17/h4-10H,1-3H3. The molecule has 0 unspecified atom stereocenters. The lowest BCUT2D eigenvalue weighted by Gasteiger charge is -2.21. The Bertz CT molecular complexity index is 622. The Morgan fingerprint density at radius 3 is 2.42 bits per heavy atom. The summed E-state index contributed by atoms with van der Waals surface area (Å²) in [6.45, 7) is 4.10. The van der Waals surface area contributed by atoms with Crippen LogP contribution in [0.5, 0.6) is 0 Å². The molecule has 0 aromatic heterocycles. The number of hydrogen-bond donors (Lipinski definition) is 0. The van der Waals surface area contributed by atoms with Crippen molar-refractivity contribution in [3.05, 3.63) is 62.7 Å². The van der Waals surface area contributed by atoms with Crippen LogP contribution in [0.25, 0.3) is 0 Å². The van der Waals surface area contributed by atoms with Crippen molar-refractivity contribution in [2.75, 3.05) is 11.9 Å². The zero-order valence-electron chi connectivity index (χ0n) is 11.3. The maximum atomic E-state index is 12.6. The second-order valence-corrected chi connectivity index (χ2v) is 5.73. The summed E-state index contributed by atoms with van der Waals surface area (Å²) in [5.74, 6) is 0.0266. The number of anilines is 1. The highest BCUT2D eigenvalue weighted by Gasteiger charge is 2.17. The molecule has 98 valence electrons. The molecule has 0 atom stereocenters.